The van der Waals surface area contributed by atoms with Gasteiger partial charge in [0.05, 0.1) is 22.8 Å². The maximum Gasteiger partial charge on any atom is 0.410 e. The van der Waals surface area contributed by atoms with Crippen molar-refractivity contribution in [3.05, 3.63) is 40.1 Å². The van der Waals surface area contributed by atoms with Crippen LogP contribution in [0.1, 0.15) is 52.6 Å². The molecule has 1 aliphatic heterocycles. The quantitative estimate of drug-likeness (QED) is 0.465. The number of nitrogens with one attached hydrogen (secondary N) is 1. The zero-order valence-corrected chi connectivity index (χ0v) is 24.1. The summed E-state index contributed by atoms with van der Waals surface area (Å²) in [6.07, 6.45) is 0.986. The van der Waals surface area contributed by atoms with Crippen molar-refractivity contribution >= 4 is 21.6 Å². The van der Waals surface area contributed by atoms with Crippen LogP contribution in [0, 0.1) is 6.92 Å². The molecule has 0 spiro atoms. The molecule has 1 fully saturated rings. The van der Waals surface area contributed by atoms with E-state index in [0.717, 1.165) is 6.42 Å². The Hall–Kier alpha value is -3.45. The minimum atomic E-state index is -3.91. The molecule has 1 amide bonds. The number of hydrogen-bond acceptors (Lipinski definition) is 8. The highest BCUT2D eigenvalue weighted by atomic mass is 32.2. The molecule has 3 aromatic rings. The van der Waals surface area contributed by atoms with Crippen LogP contribution in [0.15, 0.2) is 27.9 Å². The normalized spacial score (nSPS) is 15.1. The number of nitrogens with zero attached hydrogens (tertiary/aromatic N) is 5. The van der Waals surface area contributed by atoms with Crippen LogP contribution in [0.25, 0.3) is 16.9 Å². The van der Waals surface area contributed by atoms with Crippen molar-refractivity contribution < 1.29 is 22.7 Å². The van der Waals surface area contributed by atoms with Crippen LogP contribution in [0.3, 0.4) is 0 Å². The topological polar surface area (TPSA) is 139 Å². The standard InChI is InChI=1S/C26H36N6O6S/c1-7-9-21-27-17(3)22-24(33)28-23(29-32(21)22)19-16-18(10-11-20(19)37-8-2)39(35,36)31-14-12-30(13-15-31)25(34)38-26(4,5)6/h10-11,16H,7-9,12-15H2,1-6H3,(H,28,29,33). The summed E-state index contributed by atoms with van der Waals surface area (Å²) in [5.41, 5.74) is 0.265. The molecule has 0 saturated carbocycles. The van der Waals surface area contributed by atoms with Gasteiger partial charge in [0, 0.05) is 32.6 Å². The summed E-state index contributed by atoms with van der Waals surface area (Å²) in [4.78, 5) is 34.2. The summed E-state index contributed by atoms with van der Waals surface area (Å²) < 4.78 is 41.3. The van der Waals surface area contributed by atoms with Gasteiger partial charge in [0.25, 0.3) is 5.56 Å². The van der Waals surface area contributed by atoms with E-state index >= 15 is 0 Å². The number of imidazole rings is 1. The number of benzene rings is 1. The third-order valence-corrected chi connectivity index (χ3v) is 8.15. The first-order valence-corrected chi connectivity index (χ1v) is 14.5. The molecule has 12 nitrogen and oxygen atoms in total. The van der Waals surface area contributed by atoms with E-state index in [1.165, 1.54) is 25.9 Å². The Morgan fingerprint density at radius 3 is 2.44 bits per heavy atom. The fourth-order valence-electron chi connectivity index (χ4n) is 4.47. The van der Waals surface area contributed by atoms with Crippen molar-refractivity contribution in [2.75, 3.05) is 32.8 Å². The summed E-state index contributed by atoms with van der Waals surface area (Å²) >= 11 is 0. The fraction of sp³-hybridized carbons (Fsp3) is 0.538. The number of carbonyl (C=O) groups excluding carboxylic acids is 1. The molecule has 3 heterocycles. The van der Waals surface area contributed by atoms with Crippen LogP contribution >= 0.6 is 0 Å². The number of piperazine rings is 1. The summed E-state index contributed by atoms with van der Waals surface area (Å²) in [6, 6.07) is 4.51. The average molecular weight is 561 g/mol. The van der Waals surface area contributed by atoms with Crippen molar-refractivity contribution in [2.45, 2.75) is 64.9 Å². The molecule has 0 unspecified atom stereocenters. The van der Waals surface area contributed by atoms with Crippen LogP contribution in [-0.2, 0) is 21.2 Å². The Bertz CT molecular complexity index is 1530. The molecule has 0 aliphatic carbocycles. The Labute approximate surface area is 228 Å². The molecule has 1 aromatic carbocycles. The van der Waals surface area contributed by atoms with Crippen LogP contribution < -0.4 is 10.3 Å². The minimum absolute atomic E-state index is 0.0324. The number of aromatic amines is 1. The van der Waals surface area contributed by atoms with E-state index in [4.69, 9.17) is 9.47 Å². The Morgan fingerprint density at radius 2 is 1.82 bits per heavy atom. The van der Waals surface area contributed by atoms with Crippen molar-refractivity contribution in [2.24, 2.45) is 0 Å². The molecule has 0 radical (unpaired) electrons. The largest absolute Gasteiger partial charge is 0.493 e. The van der Waals surface area contributed by atoms with E-state index in [0.29, 0.717) is 41.4 Å². The van der Waals surface area contributed by atoms with Crippen molar-refractivity contribution in [3.63, 3.8) is 0 Å². The zero-order valence-electron chi connectivity index (χ0n) is 23.3. The number of hydrogen-bond donors (Lipinski definition) is 1. The maximum absolute atomic E-state index is 13.6. The smallest absolute Gasteiger partial charge is 0.410 e. The molecule has 1 saturated heterocycles. The third-order valence-electron chi connectivity index (χ3n) is 6.25. The summed E-state index contributed by atoms with van der Waals surface area (Å²) in [7, 11) is -3.91. The Morgan fingerprint density at radius 1 is 1.13 bits per heavy atom. The molecule has 2 aromatic heterocycles. The molecular formula is C26H36N6O6S. The van der Waals surface area contributed by atoms with Crippen molar-refractivity contribution in [3.8, 4) is 17.1 Å². The molecule has 1 N–H and O–H groups in total. The first-order valence-electron chi connectivity index (χ1n) is 13.1. The third kappa shape index (κ3) is 5.93. The van der Waals surface area contributed by atoms with Gasteiger partial charge < -0.3 is 19.4 Å². The highest BCUT2D eigenvalue weighted by molar-refractivity contribution is 7.89. The number of amides is 1. The number of aryl methyl sites for hydroxylation is 2. The summed E-state index contributed by atoms with van der Waals surface area (Å²) in [5, 5.41) is 4.63. The van der Waals surface area contributed by atoms with Crippen LogP contribution in [-0.4, -0.2) is 81.7 Å². The van der Waals surface area contributed by atoms with Gasteiger partial charge in [-0.1, -0.05) is 6.92 Å². The summed E-state index contributed by atoms with van der Waals surface area (Å²) in [5.74, 6) is 1.22. The van der Waals surface area contributed by atoms with Gasteiger partial charge in [-0.3, -0.25) is 4.79 Å². The van der Waals surface area contributed by atoms with Crippen LogP contribution in [0.4, 0.5) is 4.79 Å². The van der Waals surface area contributed by atoms with E-state index in [2.05, 4.69) is 15.1 Å². The molecule has 212 valence electrons. The molecule has 0 bridgehead atoms. The first-order chi connectivity index (χ1) is 18.4. The predicted molar refractivity (Wildman–Crippen MR) is 146 cm³/mol. The van der Waals surface area contributed by atoms with E-state index in [9.17, 15) is 18.0 Å². The molecule has 13 heteroatoms. The van der Waals surface area contributed by atoms with Gasteiger partial charge >= 0.3 is 6.09 Å². The van der Waals surface area contributed by atoms with Crippen molar-refractivity contribution in [1.29, 1.82) is 0 Å². The molecule has 4 rings (SSSR count). The van der Waals surface area contributed by atoms with E-state index < -0.39 is 21.7 Å². The zero-order chi connectivity index (χ0) is 28.5. The van der Waals surface area contributed by atoms with Gasteiger partial charge in [-0.2, -0.15) is 4.31 Å². The Kier molecular flexibility index (Phi) is 8.03. The van der Waals surface area contributed by atoms with Crippen molar-refractivity contribution in [1.82, 2.24) is 28.8 Å². The minimum Gasteiger partial charge on any atom is -0.493 e. The number of carbonyl (C=O) groups is 1. The van der Waals surface area contributed by atoms with Gasteiger partial charge in [-0.15, -0.1) is 5.10 Å². The van der Waals surface area contributed by atoms with Crippen LogP contribution in [0.5, 0.6) is 5.75 Å². The van der Waals surface area contributed by atoms with E-state index in [1.807, 2.05) is 13.8 Å². The highest BCUT2D eigenvalue weighted by Gasteiger charge is 2.32. The highest BCUT2D eigenvalue weighted by Crippen LogP contribution is 2.32. The lowest BCUT2D eigenvalue weighted by Gasteiger charge is -2.35. The van der Waals surface area contributed by atoms with Gasteiger partial charge in [0.2, 0.25) is 10.0 Å². The lowest BCUT2D eigenvalue weighted by molar-refractivity contribution is 0.0192. The van der Waals surface area contributed by atoms with Gasteiger partial charge in [-0.05, 0) is 59.2 Å². The summed E-state index contributed by atoms with van der Waals surface area (Å²) in [6.45, 7) is 12.0. The lowest BCUT2D eigenvalue weighted by Crippen LogP contribution is -2.51. The molecular weight excluding hydrogens is 524 g/mol. The molecule has 1 aliphatic rings. The average Bonchev–Trinajstić information content (AvgIpc) is 3.19. The van der Waals surface area contributed by atoms with E-state index in [-0.39, 0.29) is 42.5 Å². The number of H-pyrrole nitrogens is 1. The van der Waals surface area contributed by atoms with Crippen LogP contribution in [0.2, 0.25) is 0 Å². The SMILES string of the molecule is CCCc1nc(C)c2c(=O)[nH]c(-c3cc(S(=O)(=O)N4CCN(C(=O)OC(C)(C)C)CC4)ccc3OCC)nn12. The number of sulfonamides is 1. The second-order valence-electron chi connectivity index (χ2n) is 10.4. The number of ether oxygens (including phenoxy) is 2. The molecule has 0 atom stereocenters. The van der Waals surface area contributed by atoms with Gasteiger partial charge in [0.15, 0.2) is 11.3 Å². The lowest BCUT2D eigenvalue weighted by atomic mass is 10.2. The van der Waals surface area contributed by atoms with Gasteiger partial charge in [-0.25, -0.2) is 22.7 Å². The monoisotopic (exact) mass is 560 g/mol. The fourth-order valence-corrected chi connectivity index (χ4v) is 5.91. The van der Waals surface area contributed by atoms with E-state index in [1.54, 1.807) is 33.8 Å². The first kappa shape index (κ1) is 28.6. The predicted octanol–water partition coefficient (Wildman–Crippen LogP) is 2.99. The number of fused-ring (bicyclic) bond motifs is 1. The maximum atomic E-state index is 13.6. The Balaban J connectivity index is 1.68. The number of aromatic nitrogens is 4. The second-order valence-corrected chi connectivity index (χ2v) is 12.3. The van der Waals surface area contributed by atoms with Gasteiger partial charge in [0.1, 0.15) is 17.2 Å². The second kappa shape index (κ2) is 11.0. The number of rotatable bonds is 7. The molecule has 39 heavy (non-hydrogen) atoms.